The summed E-state index contributed by atoms with van der Waals surface area (Å²) in [5.41, 5.74) is 7.97. The van der Waals surface area contributed by atoms with Crippen molar-refractivity contribution >= 4 is 0 Å². The van der Waals surface area contributed by atoms with Gasteiger partial charge < -0.3 is 15.8 Å². The zero-order valence-electron chi connectivity index (χ0n) is 9.55. The molecule has 0 aliphatic rings. The maximum Gasteiger partial charge on any atom is 0.122 e. The van der Waals surface area contributed by atoms with Gasteiger partial charge in [-0.15, -0.1) is 0 Å². The van der Waals surface area contributed by atoms with Crippen LogP contribution in [0.4, 0.5) is 0 Å². The van der Waals surface area contributed by atoms with Crippen molar-refractivity contribution in [2.45, 2.75) is 19.8 Å². The zero-order chi connectivity index (χ0) is 11.1. The average molecular weight is 208 g/mol. The predicted octanol–water partition coefficient (Wildman–Crippen LogP) is 1.31. The smallest absolute Gasteiger partial charge is 0.122 e. The number of hydrogen-bond acceptors (Lipinski definition) is 3. The van der Waals surface area contributed by atoms with Crippen LogP contribution < -0.4 is 15.8 Å². The quantitative estimate of drug-likeness (QED) is 0.547. The molecule has 0 unspecified atom stereocenters. The van der Waals surface area contributed by atoms with Crippen LogP contribution in [0.15, 0.2) is 18.2 Å². The summed E-state index contributed by atoms with van der Waals surface area (Å²) < 4.78 is 5.32. The molecule has 15 heavy (non-hydrogen) atoms. The van der Waals surface area contributed by atoms with Crippen LogP contribution in [0, 0.1) is 0 Å². The first-order chi connectivity index (χ1) is 7.31. The van der Waals surface area contributed by atoms with E-state index in [1.165, 1.54) is 11.1 Å². The summed E-state index contributed by atoms with van der Waals surface area (Å²) in [5.74, 6) is 0.964. The summed E-state index contributed by atoms with van der Waals surface area (Å²) in [6.07, 6.45) is 2.01. The molecule has 0 saturated carbocycles. The van der Waals surface area contributed by atoms with Gasteiger partial charge in [-0.05, 0) is 30.0 Å². The van der Waals surface area contributed by atoms with Crippen LogP contribution in [0.1, 0.15) is 18.1 Å². The van der Waals surface area contributed by atoms with E-state index in [-0.39, 0.29) is 0 Å². The molecular weight excluding hydrogens is 188 g/mol. The molecule has 0 aromatic heterocycles. The Kier molecular flexibility index (Phi) is 5.15. The van der Waals surface area contributed by atoms with Gasteiger partial charge >= 0.3 is 0 Å². The second-order valence-corrected chi connectivity index (χ2v) is 3.45. The minimum atomic E-state index is 0.524. The highest BCUT2D eigenvalue weighted by Crippen LogP contribution is 2.20. The molecular formula is C12H20N2O. The number of ether oxygens (including phenoxy) is 1. The maximum atomic E-state index is 5.38. The Bertz CT molecular complexity index is 300. The summed E-state index contributed by atoms with van der Waals surface area (Å²) in [6.45, 7) is 3.57. The minimum absolute atomic E-state index is 0.524. The van der Waals surface area contributed by atoms with Crippen LogP contribution in [0.25, 0.3) is 0 Å². The van der Waals surface area contributed by atoms with Gasteiger partial charge in [0, 0.05) is 13.2 Å². The van der Waals surface area contributed by atoms with E-state index in [1.807, 2.05) is 6.07 Å². The van der Waals surface area contributed by atoms with E-state index in [9.17, 15) is 0 Å². The molecule has 0 spiro atoms. The highest BCUT2D eigenvalue weighted by molar-refractivity contribution is 5.37. The topological polar surface area (TPSA) is 47.3 Å². The molecule has 0 radical (unpaired) electrons. The Morgan fingerprint density at radius 1 is 1.40 bits per heavy atom. The number of benzene rings is 1. The van der Waals surface area contributed by atoms with Gasteiger partial charge in [0.05, 0.1) is 7.11 Å². The number of rotatable bonds is 6. The lowest BCUT2D eigenvalue weighted by Crippen LogP contribution is -2.24. The molecule has 0 amide bonds. The second kappa shape index (κ2) is 6.43. The molecule has 3 nitrogen and oxygen atoms in total. The third-order valence-corrected chi connectivity index (χ3v) is 2.47. The van der Waals surface area contributed by atoms with Crippen molar-refractivity contribution in [1.29, 1.82) is 0 Å². The predicted molar refractivity (Wildman–Crippen MR) is 63.1 cm³/mol. The summed E-state index contributed by atoms with van der Waals surface area (Å²) in [6, 6.07) is 6.35. The van der Waals surface area contributed by atoms with Crippen LogP contribution in [0.3, 0.4) is 0 Å². The number of nitrogens with one attached hydrogen (secondary N) is 1. The third kappa shape index (κ3) is 3.53. The van der Waals surface area contributed by atoms with Gasteiger partial charge in [0.2, 0.25) is 0 Å². The third-order valence-electron chi connectivity index (χ3n) is 2.47. The molecule has 0 bridgehead atoms. The number of methoxy groups -OCH3 is 1. The summed E-state index contributed by atoms with van der Waals surface area (Å²) in [5, 5.41) is 3.11. The first-order valence-electron chi connectivity index (χ1n) is 5.38. The molecule has 0 fully saturated rings. The summed E-state index contributed by atoms with van der Waals surface area (Å²) in [7, 11) is 1.71. The molecule has 3 heteroatoms. The van der Waals surface area contributed by atoms with E-state index in [1.54, 1.807) is 7.11 Å². The monoisotopic (exact) mass is 208 g/mol. The van der Waals surface area contributed by atoms with E-state index >= 15 is 0 Å². The van der Waals surface area contributed by atoms with Crippen molar-refractivity contribution < 1.29 is 4.74 Å². The molecule has 1 rings (SSSR count). The molecule has 1 aromatic carbocycles. The standard InChI is InChI=1S/C12H20N2O/c1-3-10-4-5-12(15-2)11(8-10)6-7-14-9-13/h4-5,8,14H,3,6-7,9,13H2,1-2H3. The highest BCUT2D eigenvalue weighted by atomic mass is 16.5. The van der Waals surface area contributed by atoms with Gasteiger partial charge in [-0.25, -0.2) is 0 Å². The van der Waals surface area contributed by atoms with Gasteiger partial charge in [0.25, 0.3) is 0 Å². The van der Waals surface area contributed by atoms with Gasteiger partial charge in [-0.3, -0.25) is 0 Å². The van der Waals surface area contributed by atoms with Crippen LogP contribution >= 0.6 is 0 Å². The summed E-state index contributed by atoms with van der Waals surface area (Å²) >= 11 is 0. The minimum Gasteiger partial charge on any atom is -0.496 e. The van der Waals surface area contributed by atoms with Crippen molar-refractivity contribution in [3.8, 4) is 5.75 Å². The zero-order valence-corrected chi connectivity index (χ0v) is 9.55. The Morgan fingerprint density at radius 3 is 2.80 bits per heavy atom. The molecule has 0 saturated heterocycles. The second-order valence-electron chi connectivity index (χ2n) is 3.45. The van der Waals surface area contributed by atoms with E-state index < -0.39 is 0 Å². The fraction of sp³-hybridized carbons (Fsp3) is 0.500. The van der Waals surface area contributed by atoms with Crippen LogP contribution in [-0.4, -0.2) is 20.3 Å². The van der Waals surface area contributed by atoms with Crippen LogP contribution in [-0.2, 0) is 12.8 Å². The SMILES string of the molecule is CCc1ccc(OC)c(CCNCN)c1. The van der Waals surface area contributed by atoms with Crippen molar-refractivity contribution in [1.82, 2.24) is 5.32 Å². The fourth-order valence-electron chi connectivity index (χ4n) is 1.57. The van der Waals surface area contributed by atoms with Gasteiger partial charge in [0.1, 0.15) is 5.75 Å². The molecule has 0 aliphatic heterocycles. The van der Waals surface area contributed by atoms with Crippen molar-refractivity contribution in [3.63, 3.8) is 0 Å². The van der Waals surface area contributed by atoms with Crippen LogP contribution in [0.5, 0.6) is 5.75 Å². The molecule has 84 valence electrons. The Hall–Kier alpha value is -1.06. The normalized spacial score (nSPS) is 10.3. The molecule has 0 heterocycles. The Morgan fingerprint density at radius 2 is 2.20 bits per heavy atom. The fourth-order valence-corrected chi connectivity index (χ4v) is 1.57. The molecule has 0 atom stereocenters. The van der Waals surface area contributed by atoms with E-state index in [0.717, 1.165) is 25.1 Å². The van der Waals surface area contributed by atoms with Gasteiger partial charge in [-0.2, -0.15) is 0 Å². The maximum absolute atomic E-state index is 5.38. The van der Waals surface area contributed by atoms with Crippen LogP contribution in [0.2, 0.25) is 0 Å². The number of hydrogen-bond donors (Lipinski definition) is 2. The van der Waals surface area contributed by atoms with Gasteiger partial charge in [0.15, 0.2) is 0 Å². The number of aryl methyl sites for hydroxylation is 1. The van der Waals surface area contributed by atoms with Gasteiger partial charge in [-0.1, -0.05) is 19.1 Å². The van der Waals surface area contributed by atoms with Crippen molar-refractivity contribution in [3.05, 3.63) is 29.3 Å². The Labute approximate surface area is 91.6 Å². The molecule has 3 N–H and O–H groups in total. The lowest BCUT2D eigenvalue weighted by molar-refractivity contribution is 0.409. The molecule has 1 aromatic rings. The largest absolute Gasteiger partial charge is 0.496 e. The Balaban J connectivity index is 2.72. The first kappa shape index (κ1) is 12.0. The molecule has 0 aliphatic carbocycles. The number of nitrogens with two attached hydrogens (primary N) is 1. The lowest BCUT2D eigenvalue weighted by atomic mass is 10.1. The lowest BCUT2D eigenvalue weighted by Gasteiger charge is -2.10. The van der Waals surface area contributed by atoms with E-state index in [4.69, 9.17) is 10.5 Å². The highest BCUT2D eigenvalue weighted by Gasteiger charge is 2.03. The average Bonchev–Trinajstić information content (AvgIpc) is 2.29. The first-order valence-corrected chi connectivity index (χ1v) is 5.38. The van der Waals surface area contributed by atoms with E-state index in [2.05, 4.69) is 24.4 Å². The summed E-state index contributed by atoms with van der Waals surface area (Å²) in [4.78, 5) is 0. The van der Waals surface area contributed by atoms with Crippen molar-refractivity contribution in [2.24, 2.45) is 5.73 Å². The van der Waals surface area contributed by atoms with Crippen molar-refractivity contribution in [2.75, 3.05) is 20.3 Å². The van der Waals surface area contributed by atoms with E-state index in [0.29, 0.717) is 6.67 Å².